The molecule has 0 spiro atoms. The normalized spacial score (nSPS) is 18.0. The first kappa shape index (κ1) is 11.2. The summed E-state index contributed by atoms with van der Waals surface area (Å²) < 4.78 is 1.13. The summed E-state index contributed by atoms with van der Waals surface area (Å²) in [6, 6.07) is 12.7. The third kappa shape index (κ3) is 1.62. The molecule has 1 aliphatic rings. The number of aliphatic hydroxyl groups excluding tert-OH is 1. The Balaban J connectivity index is 2.29. The average Bonchev–Trinajstić information content (AvgIpc) is 2.29. The number of hydrogen-bond donors (Lipinski definition) is 1. The quantitative estimate of drug-likeness (QED) is 0.886. The van der Waals surface area contributed by atoms with E-state index in [4.69, 9.17) is 0 Å². The van der Waals surface area contributed by atoms with Crippen molar-refractivity contribution in [3.8, 4) is 0 Å². The molecule has 1 aliphatic carbocycles. The second-order valence-corrected chi connectivity index (χ2v) is 5.79. The van der Waals surface area contributed by atoms with Crippen LogP contribution < -0.4 is 0 Å². The molecule has 2 aromatic rings. The molecule has 1 fully saturated rings. The van der Waals surface area contributed by atoms with Crippen LogP contribution in [0.2, 0.25) is 0 Å². The van der Waals surface area contributed by atoms with Gasteiger partial charge in [0.05, 0.1) is 6.61 Å². The molecule has 17 heavy (non-hydrogen) atoms. The SMILES string of the molecule is OCC1(c2cccc3cccc(Br)c23)CCC1. The third-order valence-electron chi connectivity index (χ3n) is 4.04. The predicted octanol–water partition coefficient (Wildman–Crippen LogP) is 4.02. The van der Waals surface area contributed by atoms with Crippen LogP contribution in [-0.4, -0.2) is 11.7 Å². The Labute approximate surface area is 110 Å². The molecule has 0 radical (unpaired) electrons. The maximum atomic E-state index is 9.73. The molecule has 0 atom stereocenters. The van der Waals surface area contributed by atoms with E-state index in [1.165, 1.54) is 22.8 Å². The van der Waals surface area contributed by atoms with Crippen LogP contribution in [0.15, 0.2) is 40.9 Å². The maximum Gasteiger partial charge on any atom is 0.0528 e. The van der Waals surface area contributed by atoms with Gasteiger partial charge in [-0.15, -0.1) is 0 Å². The van der Waals surface area contributed by atoms with Crippen LogP contribution in [0.5, 0.6) is 0 Å². The van der Waals surface area contributed by atoms with Crippen LogP contribution in [0.3, 0.4) is 0 Å². The van der Waals surface area contributed by atoms with Gasteiger partial charge in [0, 0.05) is 9.89 Å². The molecule has 1 N–H and O–H groups in total. The molecular weight excluding hydrogens is 276 g/mol. The predicted molar refractivity (Wildman–Crippen MR) is 74.3 cm³/mol. The molecule has 0 amide bonds. The number of aliphatic hydroxyl groups is 1. The van der Waals surface area contributed by atoms with Crippen LogP contribution >= 0.6 is 15.9 Å². The van der Waals surface area contributed by atoms with Crippen molar-refractivity contribution in [3.63, 3.8) is 0 Å². The number of halogens is 1. The topological polar surface area (TPSA) is 20.2 Å². The smallest absolute Gasteiger partial charge is 0.0528 e. The lowest BCUT2D eigenvalue weighted by molar-refractivity contribution is 0.121. The van der Waals surface area contributed by atoms with Gasteiger partial charge < -0.3 is 5.11 Å². The summed E-state index contributed by atoms with van der Waals surface area (Å²) in [5.74, 6) is 0. The first-order chi connectivity index (χ1) is 8.27. The lowest BCUT2D eigenvalue weighted by Gasteiger charge is -2.41. The van der Waals surface area contributed by atoms with E-state index < -0.39 is 0 Å². The zero-order chi connectivity index (χ0) is 11.9. The van der Waals surface area contributed by atoms with Crippen molar-refractivity contribution < 1.29 is 5.11 Å². The highest BCUT2D eigenvalue weighted by atomic mass is 79.9. The minimum Gasteiger partial charge on any atom is -0.395 e. The van der Waals surface area contributed by atoms with Gasteiger partial charge in [-0.3, -0.25) is 0 Å². The Hall–Kier alpha value is -0.860. The zero-order valence-electron chi connectivity index (χ0n) is 9.62. The van der Waals surface area contributed by atoms with E-state index in [1.54, 1.807) is 0 Å². The monoisotopic (exact) mass is 290 g/mol. The summed E-state index contributed by atoms with van der Waals surface area (Å²) in [7, 11) is 0. The number of rotatable bonds is 2. The zero-order valence-corrected chi connectivity index (χ0v) is 11.2. The summed E-state index contributed by atoms with van der Waals surface area (Å²) in [6.45, 7) is 0.257. The standard InChI is InChI=1S/C15H15BrO/c16-13-7-2-5-11-4-1-6-12(14(11)13)15(10-17)8-3-9-15/h1-2,4-7,17H,3,8-10H2. The van der Waals surface area contributed by atoms with Gasteiger partial charge in [0.1, 0.15) is 0 Å². The highest BCUT2D eigenvalue weighted by Gasteiger charge is 2.39. The molecule has 0 bridgehead atoms. The van der Waals surface area contributed by atoms with E-state index in [9.17, 15) is 5.11 Å². The fraction of sp³-hybridized carbons (Fsp3) is 0.333. The van der Waals surface area contributed by atoms with Gasteiger partial charge in [-0.2, -0.15) is 0 Å². The van der Waals surface area contributed by atoms with Crippen molar-refractivity contribution in [3.05, 3.63) is 46.4 Å². The first-order valence-corrected chi connectivity index (χ1v) is 6.85. The fourth-order valence-corrected chi connectivity index (χ4v) is 3.45. The highest BCUT2D eigenvalue weighted by molar-refractivity contribution is 9.10. The Morgan fingerprint density at radius 1 is 1.12 bits per heavy atom. The van der Waals surface area contributed by atoms with Crippen molar-refractivity contribution in [2.24, 2.45) is 0 Å². The molecule has 0 heterocycles. The lowest BCUT2D eigenvalue weighted by Crippen LogP contribution is -2.38. The highest BCUT2D eigenvalue weighted by Crippen LogP contribution is 2.46. The van der Waals surface area contributed by atoms with Gasteiger partial charge in [0.25, 0.3) is 0 Å². The summed E-state index contributed by atoms with van der Waals surface area (Å²) in [6.07, 6.45) is 3.43. The van der Waals surface area contributed by atoms with E-state index in [-0.39, 0.29) is 12.0 Å². The molecule has 0 unspecified atom stereocenters. The molecule has 88 valence electrons. The van der Waals surface area contributed by atoms with Crippen molar-refractivity contribution >= 4 is 26.7 Å². The molecule has 3 rings (SSSR count). The second-order valence-electron chi connectivity index (χ2n) is 4.94. The summed E-state index contributed by atoms with van der Waals surface area (Å²) in [5, 5.41) is 12.2. The molecule has 2 heteroatoms. The van der Waals surface area contributed by atoms with Gasteiger partial charge >= 0.3 is 0 Å². The van der Waals surface area contributed by atoms with E-state index in [1.807, 2.05) is 0 Å². The van der Waals surface area contributed by atoms with Crippen molar-refractivity contribution in [1.29, 1.82) is 0 Å². The summed E-state index contributed by atoms with van der Waals surface area (Å²) in [5.41, 5.74) is 1.31. The summed E-state index contributed by atoms with van der Waals surface area (Å²) in [4.78, 5) is 0. The average molecular weight is 291 g/mol. The number of fused-ring (bicyclic) bond motifs is 1. The molecule has 0 aromatic heterocycles. The first-order valence-electron chi connectivity index (χ1n) is 6.05. The van der Waals surface area contributed by atoms with Gasteiger partial charge in [-0.05, 0) is 35.2 Å². The number of hydrogen-bond acceptors (Lipinski definition) is 1. The molecule has 2 aromatic carbocycles. The van der Waals surface area contributed by atoms with Crippen LogP contribution in [0.4, 0.5) is 0 Å². The second kappa shape index (κ2) is 4.11. The molecular formula is C15H15BrO. The summed E-state index contributed by atoms with van der Waals surface area (Å²) >= 11 is 3.64. The lowest BCUT2D eigenvalue weighted by atomic mass is 9.64. The molecule has 0 aliphatic heterocycles. The van der Waals surface area contributed by atoms with E-state index >= 15 is 0 Å². The van der Waals surface area contributed by atoms with Crippen molar-refractivity contribution in [1.82, 2.24) is 0 Å². The Kier molecular flexibility index (Phi) is 2.72. The van der Waals surface area contributed by atoms with Crippen LogP contribution in [0.25, 0.3) is 10.8 Å². The van der Waals surface area contributed by atoms with Crippen LogP contribution in [-0.2, 0) is 5.41 Å². The minimum absolute atomic E-state index is 0.00336. The van der Waals surface area contributed by atoms with Crippen LogP contribution in [0, 0.1) is 0 Å². The van der Waals surface area contributed by atoms with E-state index in [0.717, 1.165) is 17.3 Å². The minimum atomic E-state index is 0.00336. The van der Waals surface area contributed by atoms with Crippen molar-refractivity contribution in [2.75, 3.05) is 6.61 Å². The Morgan fingerprint density at radius 3 is 2.41 bits per heavy atom. The van der Waals surface area contributed by atoms with Crippen molar-refractivity contribution in [2.45, 2.75) is 24.7 Å². The van der Waals surface area contributed by atoms with Gasteiger partial charge in [-0.1, -0.05) is 52.7 Å². The molecule has 1 saturated carbocycles. The maximum absolute atomic E-state index is 9.73. The Morgan fingerprint density at radius 2 is 1.82 bits per heavy atom. The molecule has 0 saturated heterocycles. The Bertz CT molecular complexity index is 547. The molecule has 1 nitrogen and oxygen atoms in total. The van der Waals surface area contributed by atoms with Crippen LogP contribution in [0.1, 0.15) is 24.8 Å². The van der Waals surface area contributed by atoms with Gasteiger partial charge in [0.2, 0.25) is 0 Å². The van der Waals surface area contributed by atoms with Gasteiger partial charge in [-0.25, -0.2) is 0 Å². The van der Waals surface area contributed by atoms with Gasteiger partial charge in [0.15, 0.2) is 0 Å². The van der Waals surface area contributed by atoms with E-state index in [2.05, 4.69) is 52.3 Å². The fourth-order valence-electron chi connectivity index (χ4n) is 2.85. The third-order valence-corrected chi connectivity index (χ3v) is 4.70. The number of benzene rings is 2. The van der Waals surface area contributed by atoms with E-state index in [0.29, 0.717) is 0 Å². The largest absolute Gasteiger partial charge is 0.395 e.